The third-order valence-electron chi connectivity index (χ3n) is 4.42. The first-order valence-electron chi connectivity index (χ1n) is 7.99. The van der Waals surface area contributed by atoms with Crippen molar-refractivity contribution in [1.29, 1.82) is 0 Å². The molecular formula is C17H27FN2O. The van der Waals surface area contributed by atoms with Gasteiger partial charge in [0.2, 0.25) is 0 Å². The number of nitrogens with one attached hydrogen (secondary N) is 1. The molecule has 118 valence electrons. The molecule has 1 saturated heterocycles. The van der Waals surface area contributed by atoms with Crippen molar-refractivity contribution in [3.05, 3.63) is 29.6 Å². The van der Waals surface area contributed by atoms with Crippen LogP contribution in [0.3, 0.4) is 0 Å². The van der Waals surface area contributed by atoms with E-state index in [2.05, 4.69) is 26.1 Å². The Morgan fingerprint density at radius 2 is 2.24 bits per heavy atom. The van der Waals surface area contributed by atoms with Crippen LogP contribution < -0.4 is 10.2 Å². The average molecular weight is 294 g/mol. The number of benzene rings is 1. The van der Waals surface area contributed by atoms with E-state index < -0.39 is 0 Å². The standard InChI is InChI=1S/C17H27FN2O/c1-4-9-19-13(3)14-6-5-7-15(18)17(14)20-10-8-12(2)16(21)11-20/h5-7,12-13,16,19,21H,4,8-11H2,1-3H3. The smallest absolute Gasteiger partial charge is 0.146 e. The Kier molecular flexibility index (Phi) is 5.59. The second kappa shape index (κ2) is 7.23. The largest absolute Gasteiger partial charge is 0.391 e. The number of para-hydroxylation sites is 1. The van der Waals surface area contributed by atoms with Crippen molar-refractivity contribution in [3.8, 4) is 0 Å². The second-order valence-corrected chi connectivity index (χ2v) is 6.13. The van der Waals surface area contributed by atoms with E-state index in [0.29, 0.717) is 12.2 Å². The van der Waals surface area contributed by atoms with Gasteiger partial charge in [-0.2, -0.15) is 0 Å². The lowest BCUT2D eigenvalue weighted by Gasteiger charge is -2.37. The molecule has 3 nitrogen and oxygen atoms in total. The van der Waals surface area contributed by atoms with Crippen molar-refractivity contribution in [3.63, 3.8) is 0 Å². The normalized spacial score (nSPS) is 24.1. The van der Waals surface area contributed by atoms with Gasteiger partial charge >= 0.3 is 0 Å². The molecule has 2 N–H and O–H groups in total. The van der Waals surface area contributed by atoms with Crippen LogP contribution in [0.1, 0.15) is 45.2 Å². The van der Waals surface area contributed by atoms with Crippen LogP contribution in [0.5, 0.6) is 0 Å². The highest BCUT2D eigenvalue weighted by atomic mass is 19.1. The Bertz CT molecular complexity index is 466. The van der Waals surface area contributed by atoms with E-state index in [1.165, 1.54) is 6.07 Å². The lowest BCUT2D eigenvalue weighted by Crippen LogP contribution is -2.44. The molecule has 0 aliphatic carbocycles. The summed E-state index contributed by atoms with van der Waals surface area (Å²) in [6.45, 7) is 8.46. The monoisotopic (exact) mass is 294 g/mol. The molecule has 1 aliphatic rings. The molecule has 2 rings (SSSR count). The highest BCUT2D eigenvalue weighted by molar-refractivity contribution is 5.56. The van der Waals surface area contributed by atoms with Crippen LogP contribution in [0.15, 0.2) is 18.2 Å². The molecule has 0 bridgehead atoms. The van der Waals surface area contributed by atoms with Gasteiger partial charge in [-0.25, -0.2) is 4.39 Å². The predicted octanol–water partition coefficient (Wildman–Crippen LogP) is 3.09. The molecule has 21 heavy (non-hydrogen) atoms. The van der Waals surface area contributed by atoms with Crippen molar-refractivity contribution in [1.82, 2.24) is 5.32 Å². The summed E-state index contributed by atoms with van der Waals surface area (Å²) in [6, 6.07) is 5.36. The van der Waals surface area contributed by atoms with E-state index >= 15 is 0 Å². The molecule has 1 aliphatic heterocycles. The minimum absolute atomic E-state index is 0.104. The first-order valence-corrected chi connectivity index (χ1v) is 7.99. The summed E-state index contributed by atoms with van der Waals surface area (Å²) in [7, 11) is 0. The Labute approximate surface area is 127 Å². The lowest BCUT2D eigenvalue weighted by atomic mass is 9.94. The maximum Gasteiger partial charge on any atom is 0.146 e. The molecule has 3 unspecified atom stereocenters. The third-order valence-corrected chi connectivity index (χ3v) is 4.42. The maximum absolute atomic E-state index is 14.4. The van der Waals surface area contributed by atoms with Gasteiger partial charge in [0, 0.05) is 19.1 Å². The van der Waals surface area contributed by atoms with E-state index in [9.17, 15) is 9.50 Å². The molecule has 0 amide bonds. The summed E-state index contributed by atoms with van der Waals surface area (Å²) in [5, 5.41) is 13.5. The fourth-order valence-corrected chi connectivity index (χ4v) is 2.94. The van der Waals surface area contributed by atoms with Crippen molar-refractivity contribution < 1.29 is 9.50 Å². The number of halogens is 1. The van der Waals surface area contributed by atoms with E-state index in [1.807, 2.05) is 11.0 Å². The fourth-order valence-electron chi connectivity index (χ4n) is 2.94. The molecule has 0 radical (unpaired) electrons. The van der Waals surface area contributed by atoms with Gasteiger partial charge < -0.3 is 15.3 Å². The number of β-amino-alcohol motifs (C(OH)–C–C–N with tert-alkyl or cyclic N) is 1. The summed E-state index contributed by atoms with van der Waals surface area (Å²) in [5.74, 6) is 0.0894. The summed E-state index contributed by atoms with van der Waals surface area (Å²) in [4.78, 5) is 2.00. The molecule has 1 aromatic rings. The van der Waals surface area contributed by atoms with Crippen LogP contribution in [0.4, 0.5) is 10.1 Å². The lowest BCUT2D eigenvalue weighted by molar-refractivity contribution is 0.102. The quantitative estimate of drug-likeness (QED) is 0.876. The van der Waals surface area contributed by atoms with Gasteiger partial charge in [0.1, 0.15) is 5.82 Å². The molecule has 4 heteroatoms. The van der Waals surface area contributed by atoms with Crippen LogP contribution in [0.25, 0.3) is 0 Å². The minimum atomic E-state index is -0.384. The maximum atomic E-state index is 14.4. The predicted molar refractivity (Wildman–Crippen MR) is 85.1 cm³/mol. The highest BCUT2D eigenvalue weighted by Gasteiger charge is 2.28. The number of rotatable bonds is 5. The van der Waals surface area contributed by atoms with Gasteiger partial charge in [0.15, 0.2) is 0 Å². The topological polar surface area (TPSA) is 35.5 Å². The SMILES string of the molecule is CCCNC(C)c1cccc(F)c1N1CCC(C)C(O)C1. The zero-order chi connectivity index (χ0) is 15.4. The van der Waals surface area contributed by atoms with Crippen molar-refractivity contribution in [2.24, 2.45) is 5.92 Å². The van der Waals surface area contributed by atoms with E-state index in [-0.39, 0.29) is 23.9 Å². The van der Waals surface area contributed by atoms with E-state index in [4.69, 9.17) is 0 Å². The summed E-state index contributed by atoms with van der Waals surface area (Å²) >= 11 is 0. The van der Waals surface area contributed by atoms with Gasteiger partial charge in [-0.15, -0.1) is 0 Å². The molecule has 1 aromatic carbocycles. The van der Waals surface area contributed by atoms with Crippen LogP contribution in [0, 0.1) is 11.7 Å². The average Bonchev–Trinajstić information content (AvgIpc) is 2.47. The molecular weight excluding hydrogens is 267 g/mol. The first kappa shape index (κ1) is 16.2. The molecule has 1 fully saturated rings. The Hall–Kier alpha value is -1.13. The zero-order valence-electron chi connectivity index (χ0n) is 13.3. The summed E-state index contributed by atoms with van der Waals surface area (Å²) in [6.07, 6.45) is 1.56. The van der Waals surface area contributed by atoms with Crippen LogP contribution >= 0.6 is 0 Å². The molecule has 3 atom stereocenters. The number of aliphatic hydroxyl groups excluding tert-OH is 1. The number of piperidine rings is 1. The van der Waals surface area contributed by atoms with Crippen LogP contribution in [-0.2, 0) is 0 Å². The van der Waals surface area contributed by atoms with Crippen molar-refractivity contribution >= 4 is 5.69 Å². The Balaban J connectivity index is 2.25. The van der Waals surface area contributed by atoms with Crippen molar-refractivity contribution in [2.75, 3.05) is 24.5 Å². The van der Waals surface area contributed by atoms with Gasteiger partial charge in [-0.05, 0) is 43.9 Å². The fraction of sp³-hybridized carbons (Fsp3) is 0.647. The van der Waals surface area contributed by atoms with Gasteiger partial charge in [-0.3, -0.25) is 0 Å². The van der Waals surface area contributed by atoms with Gasteiger partial charge in [0.25, 0.3) is 0 Å². The first-order chi connectivity index (χ1) is 10.0. The summed E-state index contributed by atoms with van der Waals surface area (Å²) < 4.78 is 14.4. The number of nitrogens with zero attached hydrogens (tertiary/aromatic N) is 1. The van der Waals surface area contributed by atoms with Gasteiger partial charge in [-0.1, -0.05) is 26.0 Å². The number of aliphatic hydroxyl groups is 1. The molecule has 1 heterocycles. The number of hydrogen-bond acceptors (Lipinski definition) is 3. The van der Waals surface area contributed by atoms with Crippen LogP contribution in [0.2, 0.25) is 0 Å². The zero-order valence-corrected chi connectivity index (χ0v) is 13.3. The summed E-state index contributed by atoms with van der Waals surface area (Å²) in [5.41, 5.74) is 1.63. The Morgan fingerprint density at radius 1 is 1.48 bits per heavy atom. The Morgan fingerprint density at radius 3 is 2.90 bits per heavy atom. The third kappa shape index (κ3) is 3.74. The van der Waals surface area contributed by atoms with E-state index in [0.717, 1.165) is 31.5 Å². The molecule has 0 spiro atoms. The molecule has 0 aromatic heterocycles. The highest BCUT2D eigenvalue weighted by Crippen LogP contribution is 2.32. The van der Waals surface area contributed by atoms with Crippen molar-refractivity contribution in [2.45, 2.75) is 45.8 Å². The second-order valence-electron chi connectivity index (χ2n) is 6.13. The number of anilines is 1. The van der Waals surface area contributed by atoms with E-state index in [1.54, 1.807) is 6.07 Å². The minimum Gasteiger partial charge on any atom is -0.391 e. The van der Waals surface area contributed by atoms with Gasteiger partial charge in [0.05, 0.1) is 11.8 Å². The molecule has 0 saturated carbocycles. The van der Waals surface area contributed by atoms with Crippen LogP contribution in [-0.4, -0.2) is 30.8 Å². The number of hydrogen-bond donors (Lipinski definition) is 2.